The minimum Gasteiger partial charge on any atom is -0.467 e. The molecule has 0 aliphatic rings. The fourth-order valence-corrected chi connectivity index (χ4v) is 3.98. The third-order valence-electron chi connectivity index (χ3n) is 4.58. The van der Waals surface area contributed by atoms with Gasteiger partial charge in [0.05, 0.1) is 18.4 Å². The van der Waals surface area contributed by atoms with Crippen molar-refractivity contribution in [2.75, 3.05) is 0 Å². The number of furan rings is 1. The molecule has 7 nitrogen and oxygen atoms in total. The van der Waals surface area contributed by atoms with Gasteiger partial charge in [0.25, 0.3) is 0 Å². The Morgan fingerprint density at radius 2 is 1.76 bits per heavy atom. The minimum absolute atomic E-state index is 0.0784. The van der Waals surface area contributed by atoms with E-state index in [1.807, 2.05) is 13.8 Å². The van der Waals surface area contributed by atoms with E-state index in [2.05, 4.69) is 5.32 Å². The van der Waals surface area contributed by atoms with Gasteiger partial charge in [-0.15, -0.1) is 0 Å². The van der Waals surface area contributed by atoms with Crippen LogP contribution in [0.3, 0.4) is 0 Å². The van der Waals surface area contributed by atoms with E-state index < -0.39 is 26.8 Å². The molecule has 0 atom stereocenters. The normalized spacial score (nSPS) is 11.9. The maximum Gasteiger partial charge on any atom is 0.416 e. The highest BCUT2D eigenvalue weighted by atomic mass is 32.2. The standard InChI is InChI=1S/C23H23F3N2O5S/c1-16(2)27-22(29)28(15-20-6-4-12-32-20)14-17-8-10-19(11-9-17)33-34(30,31)21-7-3-5-18(13-21)23(24,25)26/h3-13,16H,14-15H2,1-2H3,(H,27,29). The van der Waals surface area contributed by atoms with Crippen LogP contribution in [0.25, 0.3) is 0 Å². The lowest BCUT2D eigenvalue weighted by Crippen LogP contribution is -2.42. The van der Waals surface area contributed by atoms with Crippen molar-refractivity contribution in [2.45, 2.75) is 44.1 Å². The van der Waals surface area contributed by atoms with E-state index in [0.29, 0.717) is 17.4 Å². The number of amides is 2. The van der Waals surface area contributed by atoms with Crippen LogP contribution in [0.5, 0.6) is 5.75 Å². The number of carbonyl (C=O) groups is 1. The number of carbonyl (C=O) groups excluding carboxylic acids is 1. The van der Waals surface area contributed by atoms with Crippen LogP contribution in [0.2, 0.25) is 0 Å². The van der Waals surface area contributed by atoms with Gasteiger partial charge in [-0.25, -0.2) is 4.79 Å². The molecule has 1 heterocycles. The Balaban J connectivity index is 1.73. The van der Waals surface area contributed by atoms with Gasteiger partial charge in [0.15, 0.2) is 0 Å². The largest absolute Gasteiger partial charge is 0.467 e. The van der Waals surface area contributed by atoms with Crippen molar-refractivity contribution in [3.05, 3.63) is 83.8 Å². The van der Waals surface area contributed by atoms with Crippen molar-refractivity contribution in [1.29, 1.82) is 0 Å². The first-order valence-electron chi connectivity index (χ1n) is 10.2. The summed E-state index contributed by atoms with van der Waals surface area (Å²) in [7, 11) is -4.48. The Morgan fingerprint density at radius 1 is 1.06 bits per heavy atom. The van der Waals surface area contributed by atoms with Gasteiger partial charge in [0, 0.05) is 12.6 Å². The van der Waals surface area contributed by atoms with Crippen molar-refractivity contribution < 1.29 is 35.0 Å². The van der Waals surface area contributed by atoms with E-state index in [4.69, 9.17) is 8.60 Å². The fourth-order valence-electron chi connectivity index (χ4n) is 3.00. The molecule has 0 saturated heterocycles. The Bertz CT molecular complexity index is 1210. The molecule has 11 heteroatoms. The van der Waals surface area contributed by atoms with Crippen LogP contribution in [0.15, 0.2) is 76.2 Å². The monoisotopic (exact) mass is 496 g/mol. The fraction of sp³-hybridized carbons (Fsp3) is 0.261. The molecular formula is C23H23F3N2O5S. The molecular weight excluding hydrogens is 473 g/mol. The number of nitrogens with one attached hydrogen (secondary N) is 1. The highest BCUT2D eigenvalue weighted by molar-refractivity contribution is 7.87. The van der Waals surface area contributed by atoms with Gasteiger partial charge >= 0.3 is 22.3 Å². The van der Waals surface area contributed by atoms with Crippen molar-refractivity contribution in [3.8, 4) is 5.75 Å². The lowest BCUT2D eigenvalue weighted by atomic mass is 10.2. The maximum atomic E-state index is 12.9. The van der Waals surface area contributed by atoms with Crippen LogP contribution in [-0.2, 0) is 29.4 Å². The Labute approximate surface area is 195 Å². The summed E-state index contributed by atoms with van der Waals surface area (Å²) in [6.07, 6.45) is -3.18. The third kappa shape index (κ3) is 6.77. The molecule has 0 aliphatic heterocycles. The molecule has 2 aromatic carbocycles. The summed E-state index contributed by atoms with van der Waals surface area (Å²) in [6.45, 7) is 4.08. The zero-order valence-electron chi connectivity index (χ0n) is 18.4. The van der Waals surface area contributed by atoms with Crippen LogP contribution < -0.4 is 9.50 Å². The lowest BCUT2D eigenvalue weighted by molar-refractivity contribution is -0.137. The average molecular weight is 497 g/mol. The maximum absolute atomic E-state index is 12.9. The van der Waals surface area contributed by atoms with Gasteiger partial charge in [-0.1, -0.05) is 18.2 Å². The molecule has 3 rings (SSSR count). The summed E-state index contributed by atoms with van der Waals surface area (Å²) in [4.78, 5) is 13.5. The summed E-state index contributed by atoms with van der Waals surface area (Å²) in [5.41, 5.74) is -0.418. The predicted molar refractivity (Wildman–Crippen MR) is 117 cm³/mol. The van der Waals surface area contributed by atoms with Crippen LogP contribution in [0, 0.1) is 0 Å². The molecule has 0 spiro atoms. The number of urea groups is 1. The van der Waals surface area contributed by atoms with Gasteiger partial charge in [0.2, 0.25) is 0 Å². The van der Waals surface area contributed by atoms with Gasteiger partial charge in [-0.05, 0) is 61.9 Å². The van der Waals surface area contributed by atoms with Crippen LogP contribution >= 0.6 is 0 Å². The summed E-state index contributed by atoms with van der Waals surface area (Å²) in [5.74, 6) is 0.511. The van der Waals surface area contributed by atoms with Gasteiger partial charge in [-0.3, -0.25) is 0 Å². The van der Waals surface area contributed by atoms with E-state index in [1.54, 1.807) is 24.3 Å². The first-order valence-corrected chi connectivity index (χ1v) is 11.6. The smallest absolute Gasteiger partial charge is 0.416 e. The topological polar surface area (TPSA) is 88.9 Å². The van der Waals surface area contributed by atoms with Crippen LogP contribution in [0.4, 0.5) is 18.0 Å². The number of hydrogen-bond acceptors (Lipinski definition) is 5. The molecule has 2 amide bonds. The zero-order valence-corrected chi connectivity index (χ0v) is 19.2. The Kier molecular flexibility index (Phi) is 7.55. The number of benzene rings is 2. The quantitative estimate of drug-likeness (QED) is 0.434. The van der Waals surface area contributed by atoms with Gasteiger partial charge in [-0.2, -0.15) is 21.6 Å². The average Bonchev–Trinajstić information content (AvgIpc) is 3.26. The minimum atomic E-state index is -4.68. The number of rotatable bonds is 8. The molecule has 34 heavy (non-hydrogen) atoms. The van der Waals surface area contributed by atoms with E-state index in [1.165, 1.54) is 23.3 Å². The third-order valence-corrected chi connectivity index (χ3v) is 5.82. The first-order chi connectivity index (χ1) is 15.9. The molecule has 182 valence electrons. The second kappa shape index (κ2) is 10.2. The number of alkyl halides is 3. The summed E-state index contributed by atoms with van der Waals surface area (Å²) >= 11 is 0. The molecule has 1 aromatic heterocycles. The highest BCUT2D eigenvalue weighted by Gasteiger charge is 2.32. The van der Waals surface area contributed by atoms with E-state index in [0.717, 1.165) is 18.2 Å². The molecule has 0 saturated carbocycles. The summed E-state index contributed by atoms with van der Waals surface area (Å²) in [6, 6.07) is 12.2. The van der Waals surface area contributed by atoms with Crippen LogP contribution in [-0.4, -0.2) is 25.4 Å². The van der Waals surface area contributed by atoms with Gasteiger partial charge in [0.1, 0.15) is 16.4 Å². The first kappa shape index (κ1) is 25.2. The van der Waals surface area contributed by atoms with E-state index in [9.17, 15) is 26.4 Å². The summed E-state index contributed by atoms with van der Waals surface area (Å²) in [5, 5.41) is 2.81. The highest BCUT2D eigenvalue weighted by Crippen LogP contribution is 2.31. The van der Waals surface area contributed by atoms with Gasteiger partial charge < -0.3 is 18.8 Å². The molecule has 0 unspecified atom stereocenters. The molecule has 0 bridgehead atoms. The van der Waals surface area contributed by atoms with Crippen molar-refractivity contribution in [3.63, 3.8) is 0 Å². The number of hydrogen-bond donors (Lipinski definition) is 1. The Hall–Kier alpha value is -3.47. The number of nitrogens with zero attached hydrogens (tertiary/aromatic N) is 1. The van der Waals surface area contributed by atoms with Crippen LogP contribution in [0.1, 0.15) is 30.7 Å². The van der Waals surface area contributed by atoms with Crippen molar-refractivity contribution in [1.82, 2.24) is 10.2 Å². The Morgan fingerprint density at radius 3 is 2.35 bits per heavy atom. The molecule has 0 aliphatic carbocycles. The predicted octanol–water partition coefficient (Wildman–Crippen LogP) is 5.19. The van der Waals surface area contributed by atoms with Crippen molar-refractivity contribution >= 4 is 16.1 Å². The zero-order chi connectivity index (χ0) is 24.9. The second-order valence-electron chi connectivity index (χ2n) is 7.75. The number of halogens is 3. The van der Waals surface area contributed by atoms with E-state index >= 15 is 0 Å². The molecule has 0 radical (unpaired) electrons. The van der Waals surface area contributed by atoms with Crippen molar-refractivity contribution in [2.24, 2.45) is 0 Å². The molecule has 0 fully saturated rings. The summed E-state index contributed by atoms with van der Waals surface area (Å²) < 4.78 is 73.9. The molecule has 3 aromatic rings. The molecule has 1 N–H and O–H groups in total. The SMILES string of the molecule is CC(C)NC(=O)N(Cc1ccc(OS(=O)(=O)c2cccc(C(F)(F)F)c2)cc1)Cc1ccco1. The lowest BCUT2D eigenvalue weighted by Gasteiger charge is -2.23. The second-order valence-corrected chi connectivity index (χ2v) is 9.29. The van der Waals surface area contributed by atoms with E-state index in [-0.39, 0.29) is 30.9 Å².